The number of benzene rings is 2. The van der Waals surface area contributed by atoms with Crippen LogP contribution in [0.2, 0.25) is 10.0 Å². The molecule has 0 radical (unpaired) electrons. The van der Waals surface area contributed by atoms with Gasteiger partial charge in [-0.3, -0.25) is 0 Å². The van der Waals surface area contributed by atoms with Crippen LogP contribution in [0.15, 0.2) is 42.5 Å². The molecule has 106 valence electrons. The van der Waals surface area contributed by atoms with Gasteiger partial charge in [0.1, 0.15) is 0 Å². The van der Waals surface area contributed by atoms with Gasteiger partial charge >= 0.3 is 0 Å². The van der Waals surface area contributed by atoms with E-state index in [2.05, 4.69) is 17.9 Å². The molecule has 0 amide bonds. The molecule has 1 unspecified atom stereocenters. The Labute approximate surface area is 135 Å². The maximum absolute atomic E-state index is 6.10. The Hall–Kier alpha value is -0.890. The molecule has 0 N–H and O–H groups in total. The molecule has 0 aromatic heterocycles. The van der Waals surface area contributed by atoms with Crippen molar-refractivity contribution < 1.29 is 0 Å². The second-order valence-corrected chi connectivity index (χ2v) is 5.89. The number of hydrogen-bond donors (Lipinski definition) is 0. The first-order valence-corrected chi connectivity index (χ1v) is 7.64. The molecule has 1 nitrogen and oxygen atoms in total. The van der Waals surface area contributed by atoms with E-state index in [1.165, 1.54) is 0 Å². The van der Waals surface area contributed by atoms with Crippen molar-refractivity contribution in [2.45, 2.75) is 18.8 Å². The van der Waals surface area contributed by atoms with E-state index in [1.54, 1.807) is 0 Å². The molecule has 0 aliphatic rings. The Kier molecular flexibility index (Phi) is 5.20. The molecule has 1 atom stereocenters. The van der Waals surface area contributed by atoms with Crippen molar-refractivity contribution in [3.63, 3.8) is 0 Å². The fourth-order valence-electron chi connectivity index (χ4n) is 2.18. The molecule has 0 fully saturated rings. The molecule has 0 spiro atoms. The maximum atomic E-state index is 6.10. The van der Waals surface area contributed by atoms with E-state index in [1.807, 2.05) is 43.4 Å². The van der Waals surface area contributed by atoms with Crippen LogP contribution in [0.5, 0.6) is 0 Å². The quantitative estimate of drug-likeness (QED) is 0.629. The first kappa shape index (κ1) is 15.5. The molecule has 2 aromatic carbocycles. The lowest BCUT2D eigenvalue weighted by molar-refractivity contribution is 0.737. The highest BCUT2D eigenvalue weighted by atomic mass is 35.5. The summed E-state index contributed by atoms with van der Waals surface area (Å²) in [5.74, 6) is 0.457. The fraction of sp³-hybridized carbons (Fsp3) is 0.250. The maximum Gasteiger partial charge on any atom is 0.0511 e. The van der Waals surface area contributed by atoms with Gasteiger partial charge in [-0.05, 0) is 42.3 Å². The number of halogens is 3. The monoisotopic (exact) mass is 327 g/mol. The van der Waals surface area contributed by atoms with Crippen molar-refractivity contribution in [2.24, 2.45) is 0 Å². The van der Waals surface area contributed by atoms with Gasteiger partial charge in [0.2, 0.25) is 0 Å². The summed E-state index contributed by atoms with van der Waals surface area (Å²) in [6, 6.07) is 13.8. The van der Waals surface area contributed by atoms with Crippen LogP contribution in [0, 0.1) is 0 Å². The summed E-state index contributed by atoms with van der Waals surface area (Å²) in [6.07, 6.45) is 0. The van der Waals surface area contributed by atoms with Gasteiger partial charge in [-0.15, -0.1) is 11.6 Å². The average Bonchev–Trinajstić information content (AvgIpc) is 2.45. The largest absolute Gasteiger partial charge is 0.368 e. The predicted octanol–water partition coefficient (Wildman–Crippen LogP) is 5.93. The fourth-order valence-corrected chi connectivity index (χ4v) is 2.77. The molecule has 0 aliphatic carbocycles. The third-order valence-corrected chi connectivity index (χ3v) is 4.24. The van der Waals surface area contributed by atoms with Crippen LogP contribution in [-0.2, 0) is 5.88 Å². The van der Waals surface area contributed by atoms with Gasteiger partial charge < -0.3 is 4.90 Å². The number of nitrogens with zero attached hydrogens (tertiary/aromatic N) is 1. The Morgan fingerprint density at radius 3 is 2.40 bits per heavy atom. The van der Waals surface area contributed by atoms with Crippen LogP contribution >= 0.6 is 34.8 Å². The topological polar surface area (TPSA) is 3.24 Å². The second-order valence-electron chi connectivity index (χ2n) is 4.75. The van der Waals surface area contributed by atoms with Crippen LogP contribution < -0.4 is 4.90 Å². The highest BCUT2D eigenvalue weighted by molar-refractivity contribution is 6.31. The van der Waals surface area contributed by atoms with Gasteiger partial charge in [-0.1, -0.05) is 41.4 Å². The summed E-state index contributed by atoms with van der Waals surface area (Å²) < 4.78 is 0. The van der Waals surface area contributed by atoms with Gasteiger partial charge in [-0.25, -0.2) is 0 Å². The van der Waals surface area contributed by atoms with E-state index >= 15 is 0 Å². The summed E-state index contributed by atoms with van der Waals surface area (Å²) in [7, 11) is 2.04. The zero-order valence-corrected chi connectivity index (χ0v) is 13.7. The van der Waals surface area contributed by atoms with Gasteiger partial charge in [-0.2, -0.15) is 0 Å². The smallest absolute Gasteiger partial charge is 0.0511 e. The third-order valence-electron chi connectivity index (χ3n) is 3.48. The minimum absolute atomic E-state index is 0.175. The van der Waals surface area contributed by atoms with E-state index < -0.39 is 0 Å². The van der Waals surface area contributed by atoms with Crippen molar-refractivity contribution in [1.82, 2.24) is 0 Å². The molecule has 0 saturated carbocycles. The molecule has 2 rings (SSSR count). The summed E-state index contributed by atoms with van der Waals surface area (Å²) in [5.41, 5.74) is 3.26. The van der Waals surface area contributed by atoms with E-state index in [0.717, 1.165) is 21.8 Å². The van der Waals surface area contributed by atoms with Gasteiger partial charge in [0.05, 0.1) is 6.04 Å². The van der Waals surface area contributed by atoms with E-state index in [0.29, 0.717) is 10.9 Å². The average molecular weight is 329 g/mol. The van der Waals surface area contributed by atoms with E-state index in [9.17, 15) is 0 Å². The standard InChI is InChI=1S/C16H16Cl3N/c1-11(12-4-3-5-14(18)8-12)20(2)16-9-15(19)7-6-13(16)10-17/h3-9,11H,10H2,1-2H3. The number of alkyl halides is 1. The lowest BCUT2D eigenvalue weighted by atomic mass is 10.1. The summed E-state index contributed by atoms with van der Waals surface area (Å²) in [6.45, 7) is 2.13. The molecular weight excluding hydrogens is 313 g/mol. The third kappa shape index (κ3) is 3.41. The first-order chi connectivity index (χ1) is 9.52. The van der Waals surface area contributed by atoms with E-state index in [4.69, 9.17) is 34.8 Å². The van der Waals surface area contributed by atoms with Crippen LogP contribution in [-0.4, -0.2) is 7.05 Å². The van der Waals surface area contributed by atoms with Crippen molar-refractivity contribution in [3.05, 3.63) is 63.6 Å². The summed E-state index contributed by atoms with van der Waals surface area (Å²) in [4.78, 5) is 2.16. The number of rotatable bonds is 4. The minimum atomic E-state index is 0.175. The normalized spacial score (nSPS) is 12.2. The Morgan fingerprint density at radius 1 is 1.05 bits per heavy atom. The Bertz CT molecular complexity index is 598. The molecular formula is C16H16Cl3N. The molecule has 0 bridgehead atoms. The molecule has 0 saturated heterocycles. The summed E-state index contributed by atoms with van der Waals surface area (Å²) >= 11 is 18.2. The van der Waals surface area contributed by atoms with Crippen molar-refractivity contribution in [1.29, 1.82) is 0 Å². The predicted molar refractivity (Wildman–Crippen MR) is 89.3 cm³/mol. The number of anilines is 1. The molecule has 2 aromatic rings. The van der Waals surface area contributed by atoms with Crippen LogP contribution in [0.3, 0.4) is 0 Å². The molecule has 0 heterocycles. The highest BCUT2D eigenvalue weighted by Crippen LogP contribution is 2.32. The Morgan fingerprint density at radius 2 is 1.75 bits per heavy atom. The minimum Gasteiger partial charge on any atom is -0.368 e. The number of hydrogen-bond acceptors (Lipinski definition) is 1. The van der Waals surface area contributed by atoms with Crippen molar-refractivity contribution in [3.8, 4) is 0 Å². The van der Waals surface area contributed by atoms with Crippen molar-refractivity contribution >= 4 is 40.5 Å². The lowest BCUT2D eigenvalue weighted by Gasteiger charge is -2.29. The first-order valence-electron chi connectivity index (χ1n) is 6.35. The van der Waals surface area contributed by atoms with Crippen LogP contribution in [0.1, 0.15) is 24.1 Å². The lowest BCUT2D eigenvalue weighted by Crippen LogP contribution is -2.22. The molecule has 4 heteroatoms. The highest BCUT2D eigenvalue weighted by Gasteiger charge is 2.15. The van der Waals surface area contributed by atoms with Gasteiger partial charge in [0.15, 0.2) is 0 Å². The van der Waals surface area contributed by atoms with E-state index in [-0.39, 0.29) is 6.04 Å². The molecule has 0 aliphatic heterocycles. The van der Waals surface area contributed by atoms with Gasteiger partial charge in [0, 0.05) is 28.7 Å². The Balaban J connectivity index is 2.35. The second kappa shape index (κ2) is 6.71. The zero-order chi connectivity index (χ0) is 14.7. The molecule has 20 heavy (non-hydrogen) atoms. The van der Waals surface area contributed by atoms with Crippen LogP contribution in [0.25, 0.3) is 0 Å². The SMILES string of the molecule is CC(c1cccc(Cl)c1)N(C)c1cc(Cl)ccc1CCl. The van der Waals surface area contributed by atoms with Crippen molar-refractivity contribution in [2.75, 3.05) is 11.9 Å². The van der Waals surface area contributed by atoms with Gasteiger partial charge in [0.25, 0.3) is 0 Å². The van der Waals surface area contributed by atoms with Crippen LogP contribution in [0.4, 0.5) is 5.69 Å². The zero-order valence-electron chi connectivity index (χ0n) is 11.4. The summed E-state index contributed by atoms with van der Waals surface area (Å²) in [5, 5.41) is 1.45.